The summed E-state index contributed by atoms with van der Waals surface area (Å²) < 4.78 is 6.23. The van der Waals surface area contributed by atoms with Crippen LogP contribution in [0, 0.1) is 10.1 Å². The Bertz CT molecular complexity index is 771. The zero-order valence-corrected chi connectivity index (χ0v) is 13.2. The Hall–Kier alpha value is -2.64. The van der Waals surface area contributed by atoms with E-state index in [9.17, 15) is 19.7 Å². The third-order valence-corrected chi connectivity index (χ3v) is 3.50. The van der Waals surface area contributed by atoms with Crippen molar-refractivity contribution < 1.29 is 14.1 Å². The zero-order valence-electron chi connectivity index (χ0n) is 13.2. The topological polar surface area (TPSA) is 98.6 Å². The monoisotopic (exact) mass is 321 g/mol. The quantitative estimate of drug-likeness (QED) is 0.575. The molecule has 0 fully saturated rings. The van der Waals surface area contributed by atoms with E-state index in [1.165, 1.54) is 22.8 Å². The minimum Gasteiger partial charge on any atom is -0.407 e. The molecule has 1 aromatic carbocycles. The molecule has 0 unspecified atom stereocenters. The lowest BCUT2D eigenvalue weighted by atomic mass is 10.3. The lowest BCUT2D eigenvalue weighted by Crippen LogP contribution is -2.36. The Balaban J connectivity index is 2.32. The van der Waals surface area contributed by atoms with Crippen LogP contribution in [0.3, 0.4) is 0 Å². The number of oxazole rings is 1. The Kier molecular flexibility index (Phi) is 5.15. The number of hydrogen-bond donors (Lipinski definition) is 0. The predicted molar refractivity (Wildman–Crippen MR) is 84.3 cm³/mol. The first kappa shape index (κ1) is 16.7. The van der Waals surface area contributed by atoms with Gasteiger partial charge in [-0.1, -0.05) is 13.8 Å². The van der Waals surface area contributed by atoms with Crippen LogP contribution < -0.4 is 5.76 Å². The third-order valence-electron chi connectivity index (χ3n) is 3.50. The highest BCUT2D eigenvalue weighted by molar-refractivity contribution is 5.80. The Morgan fingerprint density at radius 1 is 1.30 bits per heavy atom. The number of amides is 1. The Morgan fingerprint density at radius 2 is 1.96 bits per heavy atom. The molecule has 1 aromatic heterocycles. The second-order valence-corrected chi connectivity index (χ2v) is 5.24. The summed E-state index contributed by atoms with van der Waals surface area (Å²) in [6.07, 6.45) is 1.66. The number of benzene rings is 1. The van der Waals surface area contributed by atoms with Crippen molar-refractivity contribution in [3.05, 3.63) is 38.9 Å². The maximum absolute atomic E-state index is 12.4. The van der Waals surface area contributed by atoms with Crippen LogP contribution in [0.5, 0.6) is 0 Å². The van der Waals surface area contributed by atoms with E-state index in [0.717, 1.165) is 12.8 Å². The van der Waals surface area contributed by atoms with Gasteiger partial charge in [0.15, 0.2) is 5.58 Å². The van der Waals surface area contributed by atoms with Gasteiger partial charge in [0.25, 0.3) is 5.69 Å². The van der Waals surface area contributed by atoms with E-state index in [-0.39, 0.29) is 23.7 Å². The molecular formula is C15H19N3O5. The largest absolute Gasteiger partial charge is 0.420 e. The number of non-ortho nitro benzene ring substituents is 1. The first-order chi connectivity index (χ1) is 11.0. The van der Waals surface area contributed by atoms with E-state index >= 15 is 0 Å². The standard InChI is InChI=1S/C15H19N3O5/c1-3-7-16(8-4-2)14(19)10-17-12-6-5-11(18(21)22)9-13(12)23-15(17)20/h5-6,9H,3-4,7-8,10H2,1-2H3. The fourth-order valence-corrected chi connectivity index (χ4v) is 2.45. The van der Waals surface area contributed by atoms with Gasteiger partial charge < -0.3 is 9.32 Å². The van der Waals surface area contributed by atoms with Crippen LogP contribution in [0.2, 0.25) is 0 Å². The minimum atomic E-state index is -0.693. The fourth-order valence-electron chi connectivity index (χ4n) is 2.45. The average Bonchev–Trinajstić information content (AvgIpc) is 2.82. The Morgan fingerprint density at radius 3 is 2.52 bits per heavy atom. The summed E-state index contributed by atoms with van der Waals surface area (Å²) in [4.78, 5) is 36.2. The average molecular weight is 321 g/mol. The van der Waals surface area contributed by atoms with Gasteiger partial charge >= 0.3 is 5.76 Å². The van der Waals surface area contributed by atoms with Crippen molar-refractivity contribution in [2.24, 2.45) is 0 Å². The maximum Gasteiger partial charge on any atom is 0.420 e. The van der Waals surface area contributed by atoms with E-state index in [4.69, 9.17) is 4.42 Å². The number of rotatable bonds is 7. The molecule has 8 nitrogen and oxygen atoms in total. The first-order valence-electron chi connectivity index (χ1n) is 7.53. The molecule has 0 radical (unpaired) electrons. The van der Waals surface area contributed by atoms with Crippen LogP contribution >= 0.6 is 0 Å². The summed E-state index contributed by atoms with van der Waals surface area (Å²) in [6.45, 7) is 5.08. The van der Waals surface area contributed by atoms with Gasteiger partial charge in [-0.25, -0.2) is 4.79 Å². The van der Waals surface area contributed by atoms with Gasteiger partial charge in [-0.3, -0.25) is 19.5 Å². The zero-order chi connectivity index (χ0) is 17.0. The normalized spacial score (nSPS) is 10.9. The molecule has 0 saturated carbocycles. The summed E-state index contributed by atoms with van der Waals surface area (Å²) in [7, 11) is 0. The van der Waals surface area contributed by atoms with Gasteiger partial charge in [0.05, 0.1) is 16.5 Å². The molecule has 1 amide bonds. The van der Waals surface area contributed by atoms with Crippen molar-refractivity contribution in [1.29, 1.82) is 0 Å². The van der Waals surface area contributed by atoms with Crippen molar-refractivity contribution in [3.63, 3.8) is 0 Å². The highest BCUT2D eigenvalue weighted by Gasteiger charge is 2.18. The summed E-state index contributed by atoms with van der Waals surface area (Å²) in [5, 5.41) is 10.8. The van der Waals surface area contributed by atoms with E-state index in [1.54, 1.807) is 4.90 Å². The van der Waals surface area contributed by atoms with Gasteiger partial charge in [0, 0.05) is 19.2 Å². The third kappa shape index (κ3) is 3.58. The number of hydrogen-bond acceptors (Lipinski definition) is 5. The van der Waals surface area contributed by atoms with Gasteiger partial charge in [-0.05, 0) is 18.9 Å². The van der Waals surface area contributed by atoms with Crippen molar-refractivity contribution in [3.8, 4) is 0 Å². The van der Waals surface area contributed by atoms with Gasteiger partial charge in [0.2, 0.25) is 5.91 Å². The summed E-state index contributed by atoms with van der Waals surface area (Å²) in [5.74, 6) is -0.862. The minimum absolute atomic E-state index is 0.106. The van der Waals surface area contributed by atoms with Gasteiger partial charge in [-0.2, -0.15) is 0 Å². The summed E-state index contributed by atoms with van der Waals surface area (Å²) in [5.41, 5.74) is 0.319. The number of carbonyl (C=O) groups excluding carboxylic acids is 1. The predicted octanol–water partition coefficient (Wildman–Crippen LogP) is 2.15. The van der Waals surface area contributed by atoms with Crippen LogP contribution in [0.25, 0.3) is 11.1 Å². The summed E-state index contributed by atoms with van der Waals surface area (Å²) in [6, 6.07) is 3.90. The number of nitro groups is 1. The van der Waals surface area contributed by atoms with E-state index in [0.29, 0.717) is 18.6 Å². The maximum atomic E-state index is 12.4. The molecule has 124 valence electrons. The molecule has 0 aliphatic carbocycles. The van der Waals surface area contributed by atoms with Crippen molar-refractivity contribution in [2.45, 2.75) is 33.2 Å². The van der Waals surface area contributed by atoms with Crippen LogP contribution in [-0.4, -0.2) is 33.4 Å². The molecule has 2 aromatic rings. The molecule has 0 aliphatic rings. The molecule has 0 spiro atoms. The molecule has 0 saturated heterocycles. The highest BCUT2D eigenvalue weighted by atomic mass is 16.6. The van der Waals surface area contributed by atoms with Crippen molar-refractivity contribution in [1.82, 2.24) is 9.47 Å². The Labute approximate surface area is 132 Å². The number of aromatic nitrogens is 1. The highest BCUT2D eigenvalue weighted by Crippen LogP contribution is 2.20. The fraction of sp³-hybridized carbons (Fsp3) is 0.467. The molecule has 23 heavy (non-hydrogen) atoms. The molecule has 1 heterocycles. The molecule has 0 aliphatic heterocycles. The summed E-state index contributed by atoms with van der Waals surface area (Å²) >= 11 is 0. The number of nitro benzene ring substituents is 1. The van der Waals surface area contributed by atoms with E-state index in [2.05, 4.69) is 0 Å². The number of carbonyl (C=O) groups is 1. The van der Waals surface area contributed by atoms with E-state index < -0.39 is 10.7 Å². The first-order valence-corrected chi connectivity index (χ1v) is 7.53. The van der Waals surface area contributed by atoms with Crippen molar-refractivity contribution >= 4 is 22.7 Å². The molecule has 2 rings (SSSR count). The lowest BCUT2D eigenvalue weighted by Gasteiger charge is -2.21. The lowest BCUT2D eigenvalue weighted by molar-refractivity contribution is -0.384. The molecule has 8 heteroatoms. The number of nitrogens with zero attached hydrogens (tertiary/aromatic N) is 3. The molecular weight excluding hydrogens is 302 g/mol. The van der Waals surface area contributed by atoms with Crippen LogP contribution in [0.15, 0.2) is 27.4 Å². The molecule has 0 atom stereocenters. The van der Waals surface area contributed by atoms with Gasteiger partial charge in [-0.15, -0.1) is 0 Å². The smallest absolute Gasteiger partial charge is 0.407 e. The molecule has 0 bridgehead atoms. The second kappa shape index (κ2) is 7.08. The molecule has 0 N–H and O–H groups in total. The van der Waals surface area contributed by atoms with Gasteiger partial charge in [0.1, 0.15) is 6.54 Å². The van der Waals surface area contributed by atoms with Crippen LogP contribution in [0.1, 0.15) is 26.7 Å². The SMILES string of the molecule is CCCN(CCC)C(=O)Cn1c(=O)oc2cc([N+](=O)[O-])ccc21. The van der Waals surface area contributed by atoms with Crippen LogP contribution in [-0.2, 0) is 11.3 Å². The number of fused-ring (bicyclic) bond motifs is 1. The second-order valence-electron chi connectivity index (χ2n) is 5.24. The van der Waals surface area contributed by atoms with Crippen LogP contribution in [0.4, 0.5) is 5.69 Å². The van der Waals surface area contributed by atoms with E-state index in [1.807, 2.05) is 13.8 Å². The van der Waals surface area contributed by atoms with Crippen molar-refractivity contribution in [2.75, 3.05) is 13.1 Å².